The van der Waals surface area contributed by atoms with Crippen molar-refractivity contribution in [2.45, 2.75) is 26.8 Å². The molecule has 4 nitrogen and oxygen atoms in total. The van der Waals surface area contributed by atoms with Crippen molar-refractivity contribution in [2.75, 3.05) is 7.11 Å². The maximum absolute atomic E-state index is 12.3. The first-order chi connectivity index (χ1) is 11.6. The molecule has 124 valence electrons. The Labute approximate surface area is 141 Å². The van der Waals surface area contributed by atoms with E-state index in [1.54, 1.807) is 13.4 Å². The number of fused-ring (bicyclic) bond motifs is 1. The van der Waals surface area contributed by atoms with E-state index in [-0.39, 0.29) is 5.91 Å². The van der Waals surface area contributed by atoms with Crippen molar-refractivity contribution < 1.29 is 13.9 Å². The summed E-state index contributed by atoms with van der Waals surface area (Å²) in [7, 11) is 1.63. The van der Waals surface area contributed by atoms with Gasteiger partial charge in [-0.05, 0) is 43.2 Å². The van der Waals surface area contributed by atoms with Gasteiger partial charge in [-0.1, -0.05) is 18.2 Å². The number of rotatable bonds is 5. The molecule has 0 bridgehead atoms. The molecular weight excluding hydrogens is 302 g/mol. The summed E-state index contributed by atoms with van der Waals surface area (Å²) in [4.78, 5) is 12.3. The lowest BCUT2D eigenvalue weighted by Crippen LogP contribution is -2.24. The number of carbonyl (C=O) groups excluding carboxylic acids is 1. The molecule has 0 fully saturated rings. The van der Waals surface area contributed by atoms with Crippen LogP contribution in [0.1, 0.15) is 22.3 Å². The topological polar surface area (TPSA) is 51.5 Å². The molecule has 1 aromatic heterocycles. The quantitative estimate of drug-likeness (QED) is 0.774. The lowest BCUT2D eigenvalue weighted by molar-refractivity contribution is -0.120. The fraction of sp³-hybridized carbons (Fsp3) is 0.250. The van der Waals surface area contributed by atoms with E-state index in [1.165, 1.54) is 11.1 Å². The van der Waals surface area contributed by atoms with Gasteiger partial charge in [-0.25, -0.2) is 0 Å². The van der Waals surface area contributed by atoms with Gasteiger partial charge in [0.05, 0.1) is 19.8 Å². The highest BCUT2D eigenvalue weighted by Gasteiger charge is 2.12. The van der Waals surface area contributed by atoms with Crippen LogP contribution in [0, 0.1) is 13.8 Å². The predicted molar refractivity (Wildman–Crippen MR) is 94.2 cm³/mol. The maximum atomic E-state index is 12.3. The molecule has 0 aliphatic carbocycles. The molecule has 24 heavy (non-hydrogen) atoms. The van der Waals surface area contributed by atoms with Crippen molar-refractivity contribution in [3.05, 3.63) is 64.9 Å². The molecule has 1 N–H and O–H groups in total. The molecule has 3 aromatic rings. The van der Waals surface area contributed by atoms with E-state index >= 15 is 0 Å². The van der Waals surface area contributed by atoms with Gasteiger partial charge in [0.15, 0.2) is 0 Å². The fourth-order valence-electron chi connectivity index (χ4n) is 2.75. The Morgan fingerprint density at radius 2 is 1.88 bits per heavy atom. The molecule has 1 amide bonds. The SMILES string of the molecule is COc1ccccc1CNC(=O)Cc1coc2cc(C)c(C)cc12. The third-order valence-electron chi connectivity index (χ3n) is 4.29. The zero-order valence-electron chi connectivity index (χ0n) is 14.2. The summed E-state index contributed by atoms with van der Waals surface area (Å²) in [5, 5.41) is 3.95. The molecule has 2 aromatic carbocycles. The second kappa shape index (κ2) is 6.79. The third-order valence-corrected chi connectivity index (χ3v) is 4.29. The first-order valence-corrected chi connectivity index (χ1v) is 7.94. The zero-order chi connectivity index (χ0) is 17.1. The minimum atomic E-state index is -0.0400. The Kier molecular flexibility index (Phi) is 4.56. The van der Waals surface area contributed by atoms with Gasteiger partial charge in [-0.2, -0.15) is 0 Å². The van der Waals surface area contributed by atoms with Gasteiger partial charge >= 0.3 is 0 Å². The summed E-state index contributed by atoms with van der Waals surface area (Å²) >= 11 is 0. The lowest BCUT2D eigenvalue weighted by Gasteiger charge is -2.09. The van der Waals surface area contributed by atoms with Crippen LogP contribution in [0.4, 0.5) is 0 Å². The Balaban J connectivity index is 1.70. The van der Waals surface area contributed by atoms with E-state index in [1.807, 2.05) is 30.3 Å². The molecule has 0 saturated heterocycles. The van der Waals surface area contributed by atoms with Crippen LogP contribution in [0.3, 0.4) is 0 Å². The van der Waals surface area contributed by atoms with E-state index in [2.05, 4.69) is 25.2 Å². The van der Waals surface area contributed by atoms with Crippen LogP contribution >= 0.6 is 0 Å². The van der Waals surface area contributed by atoms with Gasteiger partial charge in [-0.15, -0.1) is 0 Å². The highest BCUT2D eigenvalue weighted by molar-refractivity contribution is 5.88. The van der Waals surface area contributed by atoms with Crippen molar-refractivity contribution in [3.63, 3.8) is 0 Å². The zero-order valence-corrected chi connectivity index (χ0v) is 14.2. The van der Waals surface area contributed by atoms with Gasteiger partial charge in [0.25, 0.3) is 0 Å². The summed E-state index contributed by atoms with van der Waals surface area (Å²) in [6, 6.07) is 11.8. The second-order valence-electron chi connectivity index (χ2n) is 5.96. The number of ether oxygens (including phenoxy) is 1. The number of hydrogen-bond acceptors (Lipinski definition) is 3. The van der Waals surface area contributed by atoms with Crippen LogP contribution < -0.4 is 10.1 Å². The number of furan rings is 1. The number of nitrogens with one attached hydrogen (secondary N) is 1. The lowest BCUT2D eigenvalue weighted by atomic mass is 10.0. The molecule has 0 radical (unpaired) electrons. The van der Waals surface area contributed by atoms with Gasteiger partial charge < -0.3 is 14.5 Å². The van der Waals surface area contributed by atoms with Crippen molar-refractivity contribution in [1.82, 2.24) is 5.32 Å². The van der Waals surface area contributed by atoms with Crippen LogP contribution in [0.2, 0.25) is 0 Å². The Morgan fingerprint density at radius 1 is 1.12 bits per heavy atom. The first-order valence-electron chi connectivity index (χ1n) is 7.94. The molecular formula is C20H21NO3. The van der Waals surface area contributed by atoms with Crippen molar-refractivity contribution in [1.29, 1.82) is 0 Å². The average molecular weight is 323 g/mol. The van der Waals surface area contributed by atoms with Crippen molar-refractivity contribution >= 4 is 16.9 Å². The van der Waals surface area contributed by atoms with E-state index in [0.717, 1.165) is 27.8 Å². The number of para-hydroxylation sites is 1. The first kappa shape index (κ1) is 16.1. The predicted octanol–water partition coefficient (Wildman–Crippen LogP) is 3.92. The van der Waals surface area contributed by atoms with Crippen LogP contribution in [0.5, 0.6) is 5.75 Å². The molecule has 0 aliphatic heterocycles. The summed E-state index contributed by atoms with van der Waals surface area (Å²) in [6.07, 6.45) is 1.97. The van der Waals surface area contributed by atoms with Gasteiger partial charge in [0.1, 0.15) is 11.3 Å². The third kappa shape index (κ3) is 3.27. The van der Waals surface area contributed by atoms with E-state index in [9.17, 15) is 4.79 Å². The van der Waals surface area contributed by atoms with Gasteiger partial charge in [-0.3, -0.25) is 4.79 Å². The molecule has 0 atom stereocenters. The monoisotopic (exact) mass is 323 g/mol. The van der Waals surface area contributed by atoms with E-state index in [4.69, 9.17) is 9.15 Å². The summed E-state index contributed by atoms with van der Waals surface area (Å²) in [6.45, 7) is 4.56. The number of carbonyl (C=O) groups is 1. The smallest absolute Gasteiger partial charge is 0.224 e. The number of amides is 1. The Bertz CT molecular complexity index is 880. The van der Waals surface area contributed by atoms with Crippen LogP contribution in [0.25, 0.3) is 11.0 Å². The maximum Gasteiger partial charge on any atom is 0.224 e. The summed E-state index contributed by atoms with van der Waals surface area (Å²) in [5.41, 5.74) is 5.07. The normalized spacial score (nSPS) is 10.8. The van der Waals surface area contributed by atoms with E-state index < -0.39 is 0 Å². The van der Waals surface area contributed by atoms with Crippen molar-refractivity contribution in [3.8, 4) is 5.75 Å². The molecule has 4 heteroatoms. The summed E-state index contributed by atoms with van der Waals surface area (Å²) in [5.74, 6) is 0.736. The number of aryl methyl sites for hydroxylation is 2. The Hall–Kier alpha value is -2.75. The fourth-order valence-corrected chi connectivity index (χ4v) is 2.75. The molecule has 0 saturated carbocycles. The van der Waals surface area contributed by atoms with Crippen LogP contribution in [-0.4, -0.2) is 13.0 Å². The number of methoxy groups -OCH3 is 1. The highest BCUT2D eigenvalue weighted by atomic mass is 16.5. The van der Waals surface area contributed by atoms with E-state index in [0.29, 0.717) is 13.0 Å². The molecule has 0 unspecified atom stereocenters. The summed E-state index contributed by atoms with van der Waals surface area (Å²) < 4.78 is 10.9. The molecule has 0 aliphatic rings. The largest absolute Gasteiger partial charge is 0.496 e. The standard InChI is InChI=1S/C20H21NO3/c1-13-8-17-16(12-24-19(17)9-14(13)2)10-20(22)21-11-15-6-4-5-7-18(15)23-3/h4-9,12H,10-11H2,1-3H3,(H,21,22). The molecule has 0 spiro atoms. The number of hydrogen-bond donors (Lipinski definition) is 1. The van der Waals surface area contributed by atoms with Gasteiger partial charge in [0, 0.05) is 23.1 Å². The molecule has 3 rings (SSSR count). The Morgan fingerprint density at radius 3 is 2.67 bits per heavy atom. The van der Waals surface area contributed by atoms with Crippen molar-refractivity contribution in [2.24, 2.45) is 0 Å². The second-order valence-corrected chi connectivity index (χ2v) is 5.96. The van der Waals surface area contributed by atoms with Crippen LogP contribution in [-0.2, 0) is 17.8 Å². The average Bonchev–Trinajstić information content (AvgIpc) is 2.95. The van der Waals surface area contributed by atoms with Gasteiger partial charge in [0.2, 0.25) is 5.91 Å². The minimum Gasteiger partial charge on any atom is -0.496 e. The van der Waals surface area contributed by atoms with Crippen LogP contribution in [0.15, 0.2) is 47.1 Å². The number of benzene rings is 2. The molecule has 1 heterocycles. The minimum absolute atomic E-state index is 0.0400. The highest BCUT2D eigenvalue weighted by Crippen LogP contribution is 2.25.